The predicted molar refractivity (Wildman–Crippen MR) is 61.1 cm³/mol. The lowest BCUT2D eigenvalue weighted by Crippen LogP contribution is -2.01. The minimum atomic E-state index is -3.76. The molecule has 3 N–H and O–H groups in total. The van der Waals surface area contributed by atoms with Crippen LogP contribution < -0.4 is 5.73 Å². The number of nitrogens with two attached hydrogens (primary N) is 1. The van der Waals surface area contributed by atoms with Crippen LogP contribution in [0.15, 0.2) is 27.7 Å². The second kappa shape index (κ2) is 3.98. The lowest BCUT2D eigenvalue weighted by molar-refractivity contribution is 0.436. The van der Waals surface area contributed by atoms with Crippen molar-refractivity contribution in [3.63, 3.8) is 0 Å². The average molecular weight is 272 g/mol. The molecule has 96 valence electrons. The summed E-state index contributed by atoms with van der Waals surface area (Å²) in [5.74, 6) is -1.51. The molecule has 0 aliphatic heterocycles. The summed E-state index contributed by atoms with van der Waals surface area (Å²) in [5, 5.41) is 13.1. The number of rotatable bonds is 2. The molecule has 2 aromatic rings. The Morgan fingerprint density at radius 3 is 2.56 bits per heavy atom. The van der Waals surface area contributed by atoms with Crippen LogP contribution in [-0.4, -0.2) is 24.9 Å². The van der Waals surface area contributed by atoms with E-state index in [1.165, 1.54) is 6.20 Å². The quantitative estimate of drug-likeness (QED) is 0.850. The molecule has 0 amide bonds. The largest absolute Gasteiger partial charge is 0.507 e. The summed E-state index contributed by atoms with van der Waals surface area (Å²) in [4.78, 5) is -0.584. The molecule has 6 nitrogen and oxygen atoms in total. The first-order chi connectivity index (χ1) is 8.30. The van der Waals surface area contributed by atoms with Gasteiger partial charge in [-0.1, -0.05) is 5.16 Å². The zero-order chi connectivity index (χ0) is 13.5. The van der Waals surface area contributed by atoms with Crippen LogP contribution in [0.25, 0.3) is 11.1 Å². The number of benzene rings is 1. The number of hydrogen-bond acceptors (Lipinski definition) is 6. The van der Waals surface area contributed by atoms with Gasteiger partial charge < -0.3 is 15.4 Å². The van der Waals surface area contributed by atoms with Crippen molar-refractivity contribution in [1.82, 2.24) is 5.16 Å². The molecule has 0 aliphatic carbocycles. The first-order valence-electron chi connectivity index (χ1n) is 4.74. The highest BCUT2D eigenvalue weighted by Gasteiger charge is 2.20. The molecular weight excluding hydrogens is 263 g/mol. The Hall–Kier alpha value is -2.09. The molecule has 0 unspecified atom stereocenters. The average Bonchev–Trinajstić information content (AvgIpc) is 2.66. The van der Waals surface area contributed by atoms with Crippen molar-refractivity contribution in [2.45, 2.75) is 4.90 Å². The Balaban J connectivity index is 2.68. The van der Waals surface area contributed by atoms with Gasteiger partial charge in [0, 0.05) is 17.9 Å². The Kier molecular flexibility index (Phi) is 2.74. The van der Waals surface area contributed by atoms with Crippen molar-refractivity contribution in [1.29, 1.82) is 0 Å². The van der Waals surface area contributed by atoms with Crippen molar-refractivity contribution >= 4 is 15.7 Å². The standard InChI is InChI=1S/C10H9FN2O4S/c1-18(15,16)9-3-8(14)5(2-7(9)11)6-4-13-17-10(6)12/h2-4,14H,12H2,1H3. The fourth-order valence-corrected chi connectivity index (χ4v) is 2.23. The van der Waals surface area contributed by atoms with Gasteiger partial charge in [0.05, 0.1) is 11.8 Å². The number of sulfone groups is 1. The molecule has 8 heteroatoms. The van der Waals surface area contributed by atoms with Crippen LogP contribution in [0.1, 0.15) is 0 Å². The topological polar surface area (TPSA) is 106 Å². The van der Waals surface area contributed by atoms with Crippen LogP contribution in [0.5, 0.6) is 5.75 Å². The van der Waals surface area contributed by atoms with Gasteiger partial charge >= 0.3 is 0 Å². The van der Waals surface area contributed by atoms with Gasteiger partial charge in [-0.05, 0) is 6.07 Å². The van der Waals surface area contributed by atoms with E-state index in [1.54, 1.807) is 0 Å². The third-order valence-corrected chi connectivity index (χ3v) is 3.45. The Morgan fingerprint density at radius 2 is 2.06 bits per heavy atom. The van der Waals surface area contributed by atoms with Crippen LogP contribution in [0, 0.1) is 5.82 Å². The molecule has 0 fully saturated rings. The van der Waals surface area contributed by atoms with Crippen molar-refractivity contribution < 1.29 is 22.4 Å². The number of nitrogen functional groups attached to an aromatic ring is 1. The van der Waals surface area contributed by atoms with Crippen LogP contribution in [0.3, 0.4) is 0 Å². The number of aromatic nitrogens is 1. The fourth-order valence-electron chi connectivity index (χ4n) is 1.49. The van der Waals surface area contributed by atoms with Crippen molar-refractivity contribution in [2.75, 3.05) is 12.0 Å². The summed E-state index contributed by atoms with van der Waals surface area (Å²) < 4.78 is 40.8. The van der Waals surface area contributed by atoms with Crippen LogP contribution in [0.4, 0.5) is 10.3 Å². The highest BCUT2D eigenvalue weighted by atomic mass is 32.2. The monoisotopic (exact) mass is 272 g/mol. The number of nitrogens with zero attached hydrogens (tertiary/aromatic N) is 1. The number of halogens is 1. The molecule has 2 rings (SSSR count). The molecular formula is C10H9FN2O4S. The first kappa shape index (κ1) is 12.4. The van der Waals surface area contributed by atoms with Gasteiger partial charge in [-0.15, -0.1) is 0 Å². The number of anilines is 1. The minimum Gasteiger partial charge on any atom is -0.507 e. The highest BCUT2D eigenvalue weighted by Crippen LogP contribution is 2.35. The predicted octanol–water partition coefficient (Wildman–Crippen LogP) is 1.17. The van der Waals surface area contributed by atoms with Gasteiger partial charge in [0.2, 0.25) is 5.88 Å². The zero-order valence-electron chi connectivity index (χ0n) is 9.21. The lowest BCUT2D eigenvalue weighted by Gasteiger charge is -2.06. The second-order valence-corrected chi connectivity index (χ2v) is 5.66. The van der Waals surface area contributed by atoms with Crippen molar-refractivity contribution in [3.8, 4) is 16.9 Å². The molecule has 0 spiro atoms. The van der Waals surface area contributed by atoms with Crippen molar-refractivity contribution in [3.05, 3.63) is 24.1 Å². The summed E-state index contributed by atoms with van der Waals surface area (Å²) in [7, 11) is -3.76. The summed E-state index contributed by atoms with van der Waals surface area (Å²) in [6.07, 6.45) is 2.04. The maximum atomic E-state index is 13.7. The second-order valence-electron chi connectivity index (χ2n) is 3.68. The Morgan fingerprint density at radius 1 is 1.39 bits per heavy atom. The smallest absolute Gasteiger partial charge is 0.230 e. The molecule has 1 aromatic carbocycles. The third-order valence-electron chi connectivity index (χ3n) is 2.34. The van der Waals surface area contributed by atoms with E-state index in [-0.39, 0.29) is 17.0 Å². The lowest BCUT2D eigenvalue weighted by atomic mass is 10.1. The molecule has 0 aliphatic rings. The molecule has 0 radical (unpaired) electrons. The zero-order valence-corrected chi connectivity index (χ0v) is 10.0. The Bertz CT molecular complexity index is 709. The Labute approximate surface area is 102 Å². The van der Waals surface area contributed by atoms with Crippen LogP contribution in [0.2, 0.25) is 0 Å². The molecule has 0 bridgehead atoms. The van der Waals surface area contributed by atoms with Crippen LogP contribution in [-0.2, 0) is 9.84 Å². The van der Waals surface area contributed by atoms with Crippen molar-refractivity contribution in [2.24, 2.45) is 0 Å². The normalized spacial score (nSPS) is 11.7. The van der Waals surface area contributed by atoms with E-state index in [2.05, 4.69) is 9.68 Å². The van der Waals surface area contributed by atoms with Gasteiger partial charge in [-0.25, -0.2) is 12.8 Å². The van der Waals surface area contributed by atoms with E-state index in [0.29, 0.717) is 0 Å². The van der Waals surface area contributed by atoms with Gasteiger partial charge in [-0.3, -0.25) is 0 Å². The van der Waals surface area contributed by atoms with Gasteiger partial charge in [0.15, 0.2) is 9.84 Å². The van der Waals surface area contributed by atoms with E-state index < -0.39 is 26.3 Å². The number of phenols is 1. The van der Waals surface area contributed by atoms with Gasteiger partial charge in [0.1, 0.15) is 16.5 Å². The molecule has 18 heavy (non-hydrogen) atoms. The summed E-state index contributed by atoms with van der Waals surface area (Å²) in [6.45, 7) is 0. The molecule has 0 saturated heterocycles. The van der Waals surface area contributed by atoms with Crippen LogP contribution >= 0.6 is 0 Å². The summed E-state index contributed by atoms with van der Waals surface area (Å²) >= 11 is 0. The number of phenolic OH excluding ortho intramolecular Hbond substituents is 1. The number of hydrogen-bond donors (Lipinski definition) is 2. The van der Waals surface area contributed by atoms with E-state index in [0.717, 1.165) is 18.4 Å². The summed E-state index contributed by atoms with van der Waals surface area (Å²) in [6, 6.07) is 1.70. The minimum absolute atomic E-state index is 0.0126. The van der Waals surface area contributed by atoms with E-state index in [4.69, 9.17) is 5.73 Å². The first-order valence-corrected chi connectivity index (χ1v) is 6.63. The maximum absolute atomic E-state index is 13.7. The van der Waals surface area contributed by atoms with E-state index in [9.17, 15) is 17.9 Å². The SMILES string of the molecule is CS(=O)(=O)c1cc(O)c(-c2cnoc2N)cc1F. The maximum Gasteiger partial charge on any atom is 0.230 e. The molecule has 0 atom stereocenters. The fraction of sp³-hybridized carbons (Fsp3) is 0.100. The highest BCUT2D eigenvalue weighted by molar-refractivity contribution is 7.90. The van der Waals surface area contributed by atoms with Gasteiger partial charge in [0.25, 0.3) is 0 Å². The third kappa shape index (κ3) is 2.02. The van der Waals surface area contributed by atoms with Gasteiger partial charge in [-0.2, -0.15) is 0 Å². The molecule has 1 aromatic heterocycles. The summed E-state index contributed by atoms with van der Waals surface area (Å²) in [5.41, 5.74) is 5.63. The molecule has 0 saturated carbocycles. The van der Waals surface area contributed by atoms with E-state index >= 15 is 0 Å². The van der Waals surface area contributed by atoms with E-state index in [1.807, 2.05) is 0 Å². The molecule has 1 heterocycles. The number of aromatic hydroxyl groups is 1.